The van der Waals surface area contributed by atoms with Gasteiger partial charge in [0, 0.05) is 25.1 Å². The van der Waals surface area contributed by atoms with E-state index in [1.807, 2.05) is 0 Å². The Balaban J connectivity index is 1.52. The van der Waals surface area contributed by atoms with Gasteiger partial charge in [0.15, 0.2) is 5.82 Å². The van der Waals surface area contributed by atoms with E-state index in [1.54, 1.807) is 0 Å². The van der Waals surface area contributed by atoms with E-state index in [4.69, 9.17) is 9.84 Å². The number of ether oxygens (including phenoxy) is 1. The zero-order chi connectivity index (χ0) is 13.6. The summed E-state index contributed by atoms with van der Waals surface area (Å²) in [5.41, 5.74) is 0. The van der Waals surface area contributed by atoms with E-state index >= 15 is 0 Å². The first-order valence-electron chi connectivity index (χ1n) is 5.98. The van der Waals surface area contributed by atoms with Crippen molar-refractivity contribution in [3.05, 3.63) is 23.9 Å². The Kier molecular flexibility index (Phi) is 2.76. The number of likely N-dealkylation sites (tertiary alicyclic amines) is 1. The second-order valence-electron chi connectivity index (χ2n) is 4.93. The van der Waals surface area contributed by atoms with Crippen molar-refractivity contribution in [1.82, 2.24) is 9.88 Å². The molecule has 0 spiro atoms. The van der Waals surface area contributed by atoms with Crippen molar-refractivity contribution in [3.63, 3.8) is 0 Å². The summed E-state index contributed by atoms with van der Waals surface area (Å²) in [7, 11) is 0. The maximum atomic E-state index is 13.3. The molecule has 0 radical (unpaired) electrons. The Labute approximate surface area is 107 Å². The Hall–Kier alpha value is -1.92. The number of fused-ring (bicyclic) bond motifs is 1. The predicted octanol–water partition coefficient (Wildman–Crippen LogP) is 1.59. The van der Waals surface area contributed by atoms with Gasteiger partial charge in [0.2, 0.25) is 0 Å². The molecule has 1 aromatic heterocycles. The molecule has 19 heavy (non-hydrogen) atoms. The summed E-state index contributed by atoms with van der Waals surface area (Å²) in [6.07, 6.45) is -0.00343. The summed E-state index contributed by atoms with van der Waals surface area (Å²) < 4.78 is 31.1. The number of amides is 1. The lowest BCUT2D eigenvalue weighted by atomic mass is 10.3. The fraction of sp³-hybridized carbons (Fsp3) is 0.500. The SMILES string of the molecule is O=C(O)N1C[C@@H]2[C@H](COc3ncc(F)cc3F)[C@@H]2C1. The number of carboxylic acid groups (broad SMARTS) is 1. The van der Waals surface area contributed by atoms with Crippen LogP contribution in [0.15, 0.2) is 12.3 Å². The fourth-order valence-electron chi connectivity index (χ4n) is 2.74. The van der Waals surface area contributed by atoms with Crippen molar-refractivity contribution >= 4 is 6.09 Å². The average Bonchev–Trinajstić information content (AvgIpc) is 2.81. The third-order valence-corrected chi connectivity index (χ3v) is 3.83. The minimum atomic E-state index is -0.905. The number of hydrogen-bond donors (Lipinski definition) is 1. The van der Waals surface area contributed by atoms with Gasteiger partial charge in [-0.15, -0.1) is 0 Å². The van der Waals surface area contributed by atoms with Crippen LogP contribution in [-0.2, 0) is 0 Å². The molecule has 1 saturated heterocycles. The molecule has 2 heterocycles. The molecule has 3 rings (SSSR count). The molecule has 0 bridgehead atoms. The highest BCUT2D eigenvalue weighted by Gasteiger charge is 2.57. The van der Waals surface area contributed by atoms with E-state index in [2.05, 4.69) is 4.98 Å². The van der Waals surface area contributed by atoms with Crippen LogP contribution in [0.25, 0.3) is 0 Å². The van der Waals surface area contributed by atoms with Crippen LogP contribution in [0.2, 0.25) is 0 Å². The van der Waals surface area contributed by atoms with Crippen LogP contribution < -0.4 is 4.74 Å². The molecule has 1 saturated carbocycles. The van der Waals surface area contributed by atoms with E-state index < -0.39 is 17.7 Å². The van der Waals surface area contributed by atoms with Crippen molar-refractivity contribution in [2.24, 2.45) is 17.8 Å². The van der Waals surface area contributed by atoms with Crippen molar-refractivity contribution in [1.29, 1.82) is 0 Å². The molecule has 1 aromatic rings. The van der Waals surface area contributed by atoms with Gasteiger partial charge in [0.25, 0.3) is 5.88 Å². The molecule has 1 aliphatic carbocycles. The van der Waals surface area contributed by atoms with Crippen LogP contribution in [0.4, 0.5) is 13.6 Å². The first kappa shape index (κ1) is 12.1. The van der Waals surface area contributed by atoms with Gasteiger partial charge in [0.1, 0.15) is 5.82 Å². The first-order valence-corrected chi connectivity index (χ1v) is 5.98. The van der Waals surface area contributed by atoms with E-state index in [-0.39, 0.29) is 11.8 Å². The number of piperidine rings is 1. The lowest BCUT2D eigenvalue weighted by molar-refractivity contribution is 0.144. The summed E-state index contributed by atoms with van der Waals surface area (Å²) in [5, 5.41) is 8.81. The van der Waals surface area contributed by atoms with E-state index in [0.29, 0.717) is 31.5 Å². The van der Waals surface area contributed by atoms with Crippen molar-refractivity contribution < 1.29 is 23.4 Å². The molecule has 102 valence electrons. The molecule has 0 aromatic carbocycles. The average molecular weight is 270 g/mol. The van der Waals surface area contributed by atoms with E-state index in [1.165, 1.54) is 4.90 Å². The highest BCUT2D eigenvalue weighted by Crippen LogP contribution is 2.51. The summed E-state index contributed by atoms with van der Waals surface area (Å²) in [5.74, 6) is -0.953. The minimum absolute atomic E-state index is 0.207. The number of rotatable bonds is 3. The topological polar surface area (TPSA) is 62.7 Å². The van der Waals surface area contributed by atoms with Gasteiger partial charge >= 0.3 is 6.09 Å². The predicted molar refractivity (Wildman–Crippen MR) is 59.7 cm³/mol. The lowest BCUT2D eigenvalue weighted by Gasteiger charge is -2.15. The monoisotopic (exact) mass is 270 g/mol. The van der Waals surface area contributed by atoms with Crippen molar-refractivity contribution in [2.75, 3.05) is 19.7 Å². The molecule has 1 aliphatic heterocycles. The summed E-state index contributed by atoms with van der Waals surface area (Å²) in [4.78, 5) is 15.6. The molecule has 2 fully saturated rings. The summed E-state index contributed by atoms with van der Waals surface area (Å²) in [6.45, 7) is 1.30. The van der Waals surface area contributed by atoms with Gasteiger partial charge in [-0.05, 0) is 11.8 Å². The number of pyridine rings is 1. The highest BCUT2D eigenvalue weighted by molar-refractivity contribution is 5.65. The Morgan fingerprint density at radius 1 is 1.47 bits per heavy atom. The summed E-state index contributed by atoms with van der Waals surface area (Å²) >= 11 is 0. The van der Waals surface area contributed by atoms with E-state index in [0.717, 1.165) is 12.3 Å². The number of carbonyl (C=O) groups is 1. The lowest BCUT2D eigenvalue weighted by Crippen LogP contribution is -2.30. The molecular weight excluding hydrogens is 258 g/mol. The van der Waals surface area contributed by atoms with Crippen LogP contribution >= 0.6 is 0 Å². The number of halogens is 2. The number of aromatic nitrogens is 1. The largest absolute Gasteiger partial charge is 0.475 e. The highest BCUT2D eigenvalue weighted by atomic mass is 19.1. The smallest absolute Gasteiger partial charge is 0.407 e. The number of hydrogen-bond acceptors (Lipinski definition) is 3. The van der Waals surface area contributed by atoms with Gasteiger partial charge in [-0.2, -0.15) is 0 Å². The van der Waals surface area contributed by atoms with Crippen LogP contribution in [0.1, 0.15) is 0 Å². The Morgan fingerprint density at radius 2 is 2.16 bits per heavy atom. The normalized spacial score (nSPS) is 28.1. The third kappa shape index (κ3) is 2.20. The second kappa shape index (κ2) is 4.32. The quantitative estimate of drug-likeness (QED) is 0.906. The number of nitrogens with zero attached hydrogens (tertiary/aromatic N) is 2. The van der Waals surface area contributed by atoms with E-state index in [9.17, 15) is 13.6 Å². The second-order valence-corrected chi connectivity index (χ2v) is 4.93. The van der Waals surface area contributed by atoms with Crippen LogP contribution in [-0.4, -0.2) is 40.8 Å². The molecule has 7 heteroatoms. The molecular formula is C12H12F2N2O3. The molecule has 5 nitrogen and oxygen atoms in total. The van der Waals surface area contributed by atoms with Gasteiger partial charge in [-0.3, -0.25) is 0 Å². The van der Waals surface area contributed by atoms with Gasteiger partial charge in [-0.1, -0.05) is 0 Å². The first-order chi connectivity index (χ1) is 9.06. The fourth-order valence-corrected chi connectivity index (χ4v) is 2.74. The molecule has 3 atom stereocenters. The van der Waals surface area contributed by atoms with Crippen LogP contribution in [0.5, 0.6) is 5.88 Å². The maximum Gasteiger partial charge on any atom is 0.407 e. The Bertz CT molecular complexity index is 514. The van der Waals surface area contributed by atoms with Gasteiger partial charge in [-0.25, -0.2) is 18.6 Å². The van der Waals surface area contributed by atoms with Crippen LogP contribution in [0, 0.1) is 29.4 Å². The zero-order valence-corrected chi connectivity index (χ0v) is 9.92. The van der Waals surface area contributed by atoms with Crippen molar-refractivity contribution in [3.8, 4) is 5.88 Å². The summed E-state index contributed by atoms with van der Waals surface area (Å²) in [6, 6.07) is 0.724. The Morgan fingerprint density at radius 3 is 2.74 bits per heavy atom. The van der Waals surface area contributed by atoms with Crippen LogP contribution in [0.3, 0.4) is 0 Å². The molecule has 1 amide bonds. The van der Waals surface area contributed by atoms with Gasteiger partial charge < -0.3 is 14.7 Å². The third-order valence-electron chi connectivity index (χ3n) is 3.83. The maximum absolute atomic E-state index is 13.3. The molecule has 0 unspecified atom stereocenters. The molecule has 2 aliphatic rings. The standard InChI is InChI=1S/C12H12F2N2O3/c13-6-1-10(14)11(15-2-6)19-5-9-7-3-16(12(17)18)4-8(7)9/h1-2,7-9H,3-5H2,(H,17,18)/t7-,8+,9-. The molecule has 1 N–H and O–H groups in total. The van der Waals surface area contributed by atoms with Crippen molar-refractivity contribution in [2.45, 2.75) is 0 Å². The zero-order valence-electron chi connectivity index (χ0n) is 9.92. The minimum Gasteiger partial charge on any atom is -0.475 e. The van der Waals surface area contributed by atoms with Gasteiger partial charge in [0.05, 0.1) is 12.8 Å².